The highest BCUT2D eigenvalue weighted by Crippen LogP contribution is 2.32. The molecule has 2 aromatic rings. The maximum atomic E-state index is 5.44. The molecule has 0 fully saturated rings. The first-order chi connectivity index (χ1) is 8.70. The van der Waals surface area contributed by atoms with Crippen LogP contribution in [0.4, 0.5) is 0 Å². The van der Waals surface area contributed by atoms with Crippen LogP contribution in [-0.4, -0.2) is 6.61 Å². The Morgan fingerprint density at radius 3 is 2.39 bits per heavy atom. The maximum absolute atomic E-state index is 5.44. The minimum atomic E-state index is 0.200. The van der Waals surface area contributed by atoms with Gasteiger partial charge in [-0.15, -0.1) is 0 Å². The molecule has 0 aromatic heterocycles. The first kappa shape index (κ1) is 13.6. The van der Waals surface area contributed by atoms with Crippen LogP contribution < -0.4 is 4.74 Å². The summed E-state index contributed by atoms with van der Waals surface area (Å²) in [4.78, 5) is 0.200. The molecule has 0 bridgehead atoms. The lowest BCUT2D eigenvalue weighted by atomic mass is 10.0. The van der Waals surface area contributed by atoms with Crippen molar-refractivity contribution in [2.45, 2.75) is 11.8 Å². The third-order valence-electron chi connectivity index (χ3n) is 2.63. The Morgan fingerprint density at radius 1 is 1.06 bits per heavy atom. The van der Waals surface area contributed by atoms with Gasteiger partial charge in [-0.3, -0.25) is 0 Å². The molecule has 0 heterocycles. The van der Waals surface area contributed by atoms with Crippen LogP contribution in [0.3, 0.4) is 0 Å². The molecule has 0 saturated carbocycles. The minimum Gasteiger partial charge on any atom is -0.494 e. The Balaban J connectivity index is 2.20. The van der Waals surface area contributed by atoms with Gasteiger partial charge in [-0.2, -0.15) is 0 Å². The molecule has 0 radical (unpaired) electrons. The van der Waals surface area contributed by atoms with E-state index in [0.29, 0.717) is 6.61 Å². The Bertz CT molecular complexity index is 508. The Kier molecular flexibility index (Phi) is 4.84. The van der Waals surface area contributed by atoms with Crippen LogP contribution in [0.15, 0.2) is 53.0 Å². The summed E-state index contributed by atoms with van der Waals surface area (Å²) >= 11 is 7.22. The van der Waals surface area contributed by atoms with E-state index in [2.05, 4.69) is 56.1 Å². The average molecular weight is 370 g/mol. The van der Waals surface area contributed by atoms with Crippen LogP contribution in [0.5, 0.6) is 5.75 Å². The van der Waals surface area contributed by atoms with Crippen LogP contribution in [0, 0.1) is 0 Å². The van der Waals surface area contributed by atoms with Crippen molar-refractivity contribution in [1.29, 1.82) is 0 Å². The molecule has 0 aliphatic carbocycles. The zero-order valence-corrected chi connectivity index (χ0v) is 13.2. The van der Waals surface area contributed by atoms with Crippen LogP contribution in [-0.2, 0) is 0 Å². The van der Waals surface area contributed by atoms with Gasteiger partial charge < -0.3 is 4.74 Å². The Hall–Kier alpha value is -0.800. The second-order valence-corrected chi connectivity index (χ2v) is 5.75. The van der Waals surface area contributed by atoms with Gasteiger partial charge in [-0.05, 0) is 42.3 Å². The van der Waals surface area contributed by atoms with E-state index in [1.807, 2.05) is 31.2 Å². The maximum Gasteiger partial charge on any atom is 0.119 e. The number of halogens is 2. The molecular formula is C15H14Br2O. The summed E-state index contributed by atoms with van der Waals surface area (Å²) in [7, 11) is 0. The topological polar surface area (TPSA) is 9.23 Å². The smallest absolute Gasteiger partial charge is 0.119 e. The molecule has 0 spiro atoms. The van der Waals surface area contributed by atoms with E-state index in [1.165, 1.54) is 11.1 Å². The number of rotatable bonds is 4. The van der Waals surface area contributed by atoms with E-state index >= 15 is 0 Å². The Morgan fingerprint density at radius 2 is 1.78 bits per heavy atom. The summed E-state index contributed by atoms with van der Waals surface area (Å²) in [5.41, 5.74) is 2.45. The van der Waals surface area contributed by atoms with Gasteiger partial charge in [0.1, 0.15) is 5.75 Å². The van der Waals surface area contributed by atoms with E-state index in [9.17, 15) is 0 Å². The molecule has 94 valence electrons. The first-order valence-corrected chi connectivity index (χ1v) is 7.54. The van der Waals surface area contributed by atoms with Crippen LogP contribution in [0.1, 0.15) is 22.9 Å². The van der Waals surface area contributed by atoms with Crippen LogP contribution in [0.2, 0.25) is 0 Å². The fourth-order valence-electron chi connectivity index (χ4n) is 1.76. The largest absolute Gasteiger partial charge is 0.494 e. The number of ether oxygens (including phenoxy) is 1. The van der Waals surface area contributed by atoms with Gasteiger partial charge in [-0.1, -0.05) is 56.1 Å². The lowest BCUT2D eigenvalue weighted by molar-refractivity contribution is 0.340. The number of hydrogen-bond acceptors (Lipinski definition) is 1. The molecule has 0 aliphatic rings. The van der Waals surface area contributed by atoms with Crippen molar-refractivity contribution in [3.05, 3.63) is 64.1 Å². The van der Waals surface area contributed by atoms with Crippen LogP contribution >= 0.6 is 31.9 Å². The van der Waals surface area contributed by atoms with Crippen molar-refractivity contribution in [2.75, 3.05) is 6.61 Å². The van der Waals surface area contributed by atoms with E-state index < -0.39 is 0 Å². The predicted molar refractivity (Wildman–Crippen MR) is 82.5 cm³/mol. The van der Waals surface area contributed by atoms with E-state index in [1.54, 1.807) is 0 Å². The quantitative estimate of drug-likeness (QED) is 0.661. The molecule has 3 heteroatoms. The molecule has 1 unspecified atom stereocenters. The van der Waals surface area contributed by atoms with E-state index in [4.69, 9.17) is 4.74 Å². The van der Waals surface area contributed by atoms with E-state index in [-0.39, 0.29) is 4.83 Å². The van der Waals surface area contributed by atoms with Crippen molar-refractivity contribution in [3.63, 3.8) is 0 Å². The molecule has 2 aromatic carbocycles. The number of benzene rings is 2. The third-order valence-corrected chi connectivity index (χ3v) is 4.18. The minimum absolute atomic E-state index is 0.200. The number of alkyl halides is 1. The highest BCUT2D eigenvalue weighted by Gasteiger charge is 2.10. The zero-order chi connectivity index (χ0) is 13.0. The van der Waals surface area contributed by atoms with Crippen molar-refractivity contribution in [3.8, 4) is 5.75 Å². The van der Waals surface area contributed by atoms with E-state index in [0.717, 1.165) is 10.2 Å². The summed E-state index contributed by atoms with van der Waals surface area (Å²) in [6.07, 6.45) is 0. The number of hydrogen-bond donors (Lipinski definition) is 0. The summed E-state index contributed by atoms with van der Waals surface area (Å²) in [5.74, 6) is 0.912. The van der Waals surface area contributed by atoms with Gasteiger partial charge in [-0.25, -0.2) is 0 Å². The van der Waals surface area contributed by atoms with Crippen molar-refractivity contribution < 1.29 is 4.74 Å². The molecular weight excluding hydrogens is 356 g/mol. The summed E-state index contributed by atoms with van der Waals surface area (Å²) in [5, 5.41) is 0. The van der Waals surface area contributed by atoms with Crippen LogP contribution in [0.25, 0.3) is 0 Å². The fraction of sp³-hybridized carbons (Fsp3) is 0.200. The molecule has 2 rings (SSSR count). The fourth-order valence-corrected chi connectivity index (χ4v) is 2.76. The van der Waals surface area contributed by atoms with Gasteiger partial charge in [0.05, 0.1) is 11.4 Å². The monoisotopic (exact) mass is 368 g/mol. The molecule has 0 saturated heterocycles. The third kappa shape index (κ3) is 3.36. The highest BCUT2D eigenvalue weighted by atomic mass is 79.9. The summed E-state index contributed by atoms with van der Waals surface area (Å²) in [6.45, 7) is 2.69. The molecule has 1 nitrogen and oxygen atoms in total. The Labute approximate surface area is 124 Å². The summed E-state index contributed by atoms with van der Waals surface area (Å²) in [6, 6.07) is 16.5. The van der Waals surface area contributed by atoms with Gasteiger partial charge in [0.2, 0.25) is 0 Å². The second-order valence-electron chi connectivity index (χ2n) is 3.92. The van der Waals surface area contributed by atoms with Crippen molar-refractivity contribution >= 4 is 31.9 Å². The molecule has 0 N–H and O–H groups in total. The molecule has 1 atom stereocenters. The lowest BCUT2D eigenvalue weighted by Gasteiger charge is -2.12. The standard InChI is InChI=1S/C15H14Br2O/c1-2-18-14-8-6-11(7-9-14)15(17)12-4-3-5-13(16)10-12/h3-10,15H,2H2,1H3. The van der Waals surface area contributed by atoms with Crippen molar-refractivity contribution in [1.82, 2.24) is 0 Å². The second kappa shape index (κ2) is 6.39. The lowest BCUT2D eigenvalue weighted by Crippen LogP contribution is -1.94. The van der Waals surface area contributed by atoms with Gasteiger partial charge >= 0.3 is 0 Å². The summed E-state index contributed by atoms with van der Waals surface area (Å²) < 4.78 is 6.54. The highest BCUT2D eigenvalue weighted by molar-refractivity contribution is 9.10. The predicted octanol–water partition coefficient (Wildman–Crippen LogP) is 5.33. The van der Waals surface area contributed by atoms with Crippen molar-refractivity contribution in [2.24, 2.45) is 0 Å². The van der Waals surface area contributed by atoms with Gasteiger partial charge in [0.15, 0.2) is 0 Å². The SMILES string of the molecule is CCOc1ccc(C(Br)c2cccc(Br)c2)cc1. The average Bonchev–Trinajstić information content (AvgIpc) is 2.39. The normalized spacial score (nSPS) is 12.2. The molecule has 0 amide bonds. The molecule has 18 heavy (non-hydrogen) atoms. The van der Waals surface area contributed by atoms with Gasteiger partial charge in [0, 0.05) is 4.47 Å². The molecule has 0 aliphatic heterocycles. The first-order valence-electron chi connectivity index (χ1n) is 5.83. The van der Waals surface area contributed by atoms with Gasteiger partial charge in [0.25, 0.3) is 0 Å². The zero-order valence-electron chi connectivity index (χ0n) is 10.1.